The minimum Gasteiger partial charge on any atom is -0.466 e. The molecule has 0 saturated carbocycles. The average Bonchev–Trinajstić information content (AvgIpc) is 2.28. The minimum atomic E-state index is -0.771. The zero-order valence-corrected chi connectivity index (χ0v) is 9.14. The fraction of sp³-hybridized carbons (Fsp3) is 0.250. The van der Waals surface area contributed by atoms with E-state index in [1.165, 1.54) is 7.11 Å². The highest BCUT2D eigenvalue weighted by Gasteiger charge is 2.14. The second-order valence-electron chi connectivity index (χ2n) is 3.48. The molecule has 1 rings (SSSR count). The van der Waals surface area contributed by atoms with Crippen LogP contribution in [0.15, 0.2) is 36.4 Å². The van der Waals surface area contributed by atoms with E-state index >= 15 is 0 Å². The van der Waals surface area contributed by atoms with Gasteiger partial charge in [-0.1, -0.05) is 18.7 Å². The summed E-state index contributed by atoms with van der Waals surface area (Å²) in [6.07, 6.45) is -0.622. The number of aliphatic hydroxyl groups is 1. The Morgan fingerprint density at radius 3 is 2.56 bits per heavy atom. The molecule has 1 aromatic rings. The van der Waals surface area contributed by atoms with Crippen molar-refractivity contribution in [1.29, 1.82) is 0 Å². The van der Waals surface area contributed by atoms with Crippen LogP contribution < -0.4 is 5.73 Å². The summed E-state index contributed by atoms with van der Waals surface area (Å²) in [5.41, 5.74) is 7.09. The Bertz CT molecular complexity index is 384. The molecule has 0 spiro atoms. The molecule has 0 bridgehead atoms. The van der Waals surface area contributed by atoms with Crippen LogP contribution in [-0.2, 0) is 9.53 Å². The van der Waals surface area contributed by atoms with Gasteiger partial charge in [0, 0.05) is 17.7 Å². The zero-order valence-electron chi connectivity index (χ0n) is 9.14. The second-order valence-corrected chi connectivity index (χ2v) is 3.48. The SMILES string of the molecule is C=C(CC(O)c1ccc(N)cc1)C(=O)OC. The number of carbonyl (C=O) groups is 1. The summed E-state index contributed by atoms with van der Waals surface area (Å²) >= 11 is 0. The first-order valence-electron chi connectivity index (χ1n) is 4.84. The van der Waals surface area contributed by atoms with E-state index in [0.717, 1.165) is 0 Å². The maximum absolute atomic E-state index is 11.1. The van der Waals surface area contributed by atoms with Gasteiger partial charge in [-0.15, -0.1) is 0 Å². The highest BCUT2D eigenvalue weighted by atomic mass is 16.5. The van der Waals surface area contributed by atoms with Gasteiger partial charge in [-0.2, -0.15) is 0 Å². The predicted molar refractivity (Wildman–Crippen MR) is 61.6 cm³/mol. The Kier molecular flexibility index (Phi) is 4.08. The summed E-state index contributed by atoms with van der Waals surface area (Å²) in [4.78, 5) is 11.1. The van der Waals surface area contributed by atoms with Crippen LogP contribution in [-0.4, -0.2) is 18.2 Å². The fourth-order valence-corrected chi connectivity index (χ4v) is 1.30. The lowest BCUT2D eigenvalue weighted by molar-refractivity contribution is -0.136. The van der Waals surface area contributed by atoms with E-state index in [1.807, 2.05) is 0 Å². The molecule has 0 saturated heterocycles. The summed E-state index contributed by atoms with van der Waals surface area (Å²) in [6, 6.07) is 6.81. The van der Waals surface area contributed by atoms with E-state index in [-0.39, 0.29) is 12.0 Å². The number of nitrogens with two attached hydrogens (primary N) is 1. The number of ether oxygens (including phenoxy) is 1. The molecule has 0 aliphatic carbocycles. The van der Waals surface area contributed by atoms with Crippen molar-refractivity contribution in [2.75, 3.05) is 12.8 Å². The summed E-state index contributed by atoms with van der Waals surface area (Å²) < 4.78 is 4.50. The standard InChI is InChI=1S/C12H15NO3/c1-8(12(15)16-2)7-11(14)9-3-5-10(13)6-4-9/h3-6,11,14H,1,7,13H2,2H3. The second kappa shape index (κ2) is 5.32. The molecule has 0 radical (unpaired) electrons. The molecule has 0 amide bonds. The summed E-state index contributed by atoms with van der Waals surface area (Å²) in [7, 11) is 1.28. The van der Waals surface area contributed by atoms with Crippen molar-refractivity contribution < 1.29 is 14.6 Å². The number of rotatable bonds is 4. The smallest absolute Gasteiger partial charge is 0.333 e. The molecule has 0 aliphatic rings. The molecule has 4 nitrogen and oxygen atoms in total. The number of hydrogen-bond acceptors (Lipinski definition) is 4. The molecule has 16 heavy (non-hydrogen) atoms. The lowest BCUT2D eigenvalue weighted by Crippen LogP contribution is -2.08. The van der Waals surface area contributed by atoms with Crippen molar-refractivity contribution in [1.82, 2.24) is 0 Å². The van der Waals surface area contributed by atoms with Gasteiger partial charge in [-0.3, -0.25) is 0 Å². The Morgan fingerprint density at radius 2 is 2.06 bits per heavy atom. The summed E-state index contributed by atoms with van der Waals surface area (Å²) in [5, 5.41) is 9.82. The molecule has 1 unspecified atom stereocenters. The third-order valence-electron chi connectivity index (χ3n) is 2.24. The van der Waals surface area contributed by atoms with Crippen molar-refractivity contribution in [3.63, 3.8) is 0 Å². The molecule has 0 fully saturated rings. The normalized spacial score (nSPS) is 11.9. The quantitative estimate of drug-likeness (QED) is 0.458. The first-order chi connectivity index (χ1) is 7.54. The first-order valence-corrected chi connectivity index (χ1v) is 4.84. The van der Waals surface area contributed by atoms with Crippen molar-refractivity contribution in [2.45, 2.75) is 12.5 Å². The Morgan fingerprint density at radius 1 is 1.50 bits per heavy atom. The van der Waals surface area contributed by atoms with Crippen molar-refractivity contribution in [2.24, 2.45) is 0 Å². The van der Waals surface area contributed by atoms with E-state index in [1.54, 1.807) is 24.3 Å². The molecule has 0 heterocycles. The van der Waals surface area contributed by atoms with Crippen LogP contribution in [0.25, 0.3) is 0 Å². The summed E-state index contributed by atoms with van der Waals surface area (Å²) in [5.74, 6) is -0.505. The monoisotopic (exact) mass is 221 g/mol. The van der Waals surface area contributed by atoms with Crippen molar-refractivity contribution >= 4 is 11.7 Å². The van der Waals surface area contributed by atoms with E-state index in [0.29, 0.717) is 11.3 Å². The molecule has 0 aliphatic heterocycles. The van der Waals surface area contributed by atoms with Crippen LogP contribution in [0, 0.1) is 0 Å². The highest BCUT2D eigenvalue weighted by Crippen LogP contribution is 2.21. The molecule has 1 aromatic carbocycles. The maximum atomic E-state index is 11.1. The highest BCUT2D eigenvalue weighted by molar-refractivity contribution is 5.87. The molecular weight excluding hydrogens is 206 g/mol. The maximum Gasteiger partial charge on any atom is 0.333 e. The van der Waals surface area contributed by atoms with E-state index in [9.17, 15) is 9.90 Å². The molecule has 3 N–H and O–H groups in total. The number of anilines is 1. The number of nitrogen functional groups attached to an aromatic ring is 1. The van der Waals surface area contributed by atoms with Crippen molar-refractivity contribution in [3.8, 4) is 0 Å². The van der Waals surface area contributed by atoms with Gasteiger partial charge >= 0.3 is 5.97 Å². The minimum absolute atomic E-state index is 0.149. The Labute approximate surface area is 94.3 Å². The lowest BCUT2D eigenvalue weighted by Gasteiger charge is -2.11. The number of esters is 1. The van der Waals surface area contributed by atoms with E-state index < -0.39 is 12.1 Å². The zero-order chi connectivity index (χ0) is 12.1. The van der Waals surface area contributed by atoms with Gasteiger partial charge in [0.1, 0.15) is 0 Å². The number of methoxy groups -OCH3 is 1. The number of aliphatic hydroxyl groups excluding tert-OH is 1. The molecular formula is C12H15NO3. The van der Waals surface area contributed by atoms with Crippen LogP contribution in [0.2, 0.25) is 0 Å². The van der Waals surface area contributed by atoms with E-state index in [4.69, 9.17) is 5.73 Å². The van der Waals surface area contributed by atoms with Crippen LogP contribution >= 0.6 is 0 Å². The van der Waals surface area contributed by atoms with Crippen LogP contribution in [0.5, 0.6) is 0 Å². The third-order valence-corrected chi connectivity index (χ3v) is 2.24. The van der Waals surface area contributed by atoms with Crippen molar-refractivity contribution in [3.05, 3.63) is 42.0 Å². The van der Waals surface area contributed by atoms with Gasteiger partial charge in [0.25, 0.3) is 0 Å². The molecule has 4 heteroatoms. The van der Waals surface area contributed by atoms with Gasteiger partial charge in [0.05, 0.1) is 13.2 Å². The van der Waals surface area contributed by atoms with Gasteiger partial charge in [0.15, 0.2) is 0 Å². The van der Waals surface area contributed by atoms with Gasteiger partial charge in [0.2, 0.25) is 0 Å². The molecule has 0 aromatic heterocycles. The molecule has 1 atom stereocenters. The van der Waals surface area contributed by atoms with Gasteiger partial charge in [-0.05, 0) is 17.7 Å². The number of benzene rings is 1. The van der Waals surface area contributed by atoms with Crippen LogP contribution in [0.4, 0.5) is 5.69 Å². The Hall–Kier alpha value is -1.81. The molecule has 86 valence electrons. The summed E-state index contributed by atoms with van der Waals surface area (Å²) in [6.45, 7) is 3.55. The largest absolute Gasteiger partial charge is 0.466 e. The van der Waals surface area contributed by atoms with Gasteiger partial charge < -0.3 is 15.6 Å². The lowest BCUT2D eigenvalue weighted by atomic mass is 10.0. The topological polar surface area (TPSA) is 72.5 Å². The van der Waals surface area contributed by atoms with Gasteiger partial charge in [-0.25, -0.2) is 4.79 Å². The Balaban J connectivity index is 2.65. The number of carbonyl (C=O) groups excluding carboxylic acids is 1. The van der Waals surface area contributed by atoms with E-state index in [2.05, 4.69) is 11.3 Å². The predicted octanol–water partition coefficient (Wildman–Crippen LogP) is 1.42. The average molecular weight is 221 g/mol. The number of hydrogen-bond donors (Lipinski definition) is 2. The first kappa shape index (κ1) is 12.3. The van der Waals surface area contributed by atoms with Crippen LogP contribution in [0.3, 0.4) is 0 Å². The van der Waals surface area contributed by atoms with Crippen LogP contribution in [0.1, 0.15) is 18.1 Å². The fourth-order valence-electron chi connectivity index (χ4n) is 1.30. The third kappa shape index (κ3) is 3.10.